The summed E-state index contributed by atoms with van der Waals surface area (Å²) in [4.78, 5) is 0. The summed E-state index contributed by atoms with van der Waals surface area (Å²) in [6.07, 6.45) is 4.13. The largest absolute Gasteiger partial charge is 0.327 e. The molecule has 0 saturated carbocycles. The van der Waals surface area contributed by atoms with Crippen LogP contribution in [0, 0.1) is 5.92 Å². The van der Waals surface area contributed by atoms with Gasteiger partial charge in [-0.2, -0.15) is 0 Å². The fraction of sp³-hybridized carbons (Fsp3) is 0.250. The molecular formula is C24H27N. The normalized spacial score (nSPS) is 12.2. The second-order valence-electron chi connectivity index (χ2n) is 6.83. The Morgan fingerprint density at radius 2 is 0.960 bits per heavy atom. The molecule has 25 heavy (non-hydrogen) atoms. The quantitative estimate of drug-likeness (QED) is 0.615. The van der Waals surface area contributed by atoms with Crippen LogP contribution < -0.4 is 5.73 Å². The Morgan fingerprint density at radius 1 is 0.560 bits per heavy atom. The topological polar surface area (TPSA) is 26.0 Å². The Bertz CT molecular complexity index is 680. The summed E-state index contributed by atoms with van der Waals surface area (Å²) in [6, 6.07) is 32.3. The van der Waals surface area contributed by atoms with Gasteiger partial charge in [0.2, 0.25) is 0 Å². The van der Waals surface area contributed by atoms with Crippen LogP contribution in [0.25, 0.3) is 0 Å². The minimum absolute atomic E-state index is 0.195. The highest BCUT2D eigenvalue weighted by Crippen LogP contribution is 2.20. The maximum Gasteiger partial charge on any atom is 0.00766 e. The molecule has 1 unspecified atom stereocenters. The molecule has 3 aromatic carbocycles. The molecule has 128 valence electrons. The van der Waals surface area contributed by atoms with Crippen molar-refractivity contribution >= 4 is 0 Å². The second-order valence-corrected chi connectivity index (χ2v) is 6.83. The third kappa shape index (κ3) is 5.58. The van der Waals surface area contributed by atoms with Crippen molar-refractivity contribution in [1.29, 1.82) is 0 Å². The minimum atomic E-state index is 0.195. The number of hydrogen-bond acceptors (Lipinski definition) is 1. The molecule has 0 aliphatic heterocycles. The highest BCUT2D eigenvalue weighted by molar-refractivity contribution is 5.20. The van der Waals surface area contributed by atoms with Gasteiger partial charge in [0.05, 0.1) is 0 Å². The average Bonchev–Trinajstić information content (AvgIpc) is 2.68. The highest BCUT2D eigenvalue weighted by Gasteiger charge is 2.19. The molecule has 0 radical (unpaired) electrons. The molecule has 3 aromatic rings. The maximum atomic E-state index is 6.66. The zero-order valence-corrected chi connectivity index (χ0v) is 14.7. The van der Waals surface area contributed by atoms with E-state index in [2.05, 4.69) is 91.0 Å². The van der Waals surface area contributed by atoms with Crippen LogP contribution in [0.2, 0.25) is 0 Å². The lowest BCUT2D eigenvalue weighted by atomic mass is 9.84. The predicted octanol–water partition coefficient (Wildman–Crippen LogP) is 5.05. The van der Waals surface area contributed by atoms with Crippen LogP contribution in [0.3, 0.4) is 0 Å². The smallest absolute Gasteiger partial charge is 0.00766 e. The van der Waals surface area contributed by atoms with Crippen molar-refractivity contribution in [3.63, 3.8) is 0 Å². The molecule has 0 fully saturated rings. The summed E-state index contributed by atoms with van der Waals surface area (Å²) in [5.74, 6) is 0.452. The number of hydrogen-bond donors (Lipinski definition) is 1. The Balaban J connectivity index is 1.68. The molecule has 0 aliphatic rings. The molecule has 1 nitrogen and oxygen atoms in total. The number of nitrogens with two attached hydrogens (primary N) is 1. The van der Waals surface area contributed by atoms with Gasteiger partial charge < -0.3 is 5.73 Å². The molecule has 0 amide bonds. The van der Waals surface area contributed by atoms with E-state index < -0.39 is 0 Å². The van der Waals surface area contributed by atoms with Gasteiger partial charge in [-0.15, -0.1) is 0 Å². The Labute approximate surface area is 151 Å². The van der Waals surface area contributed by atoms with Crippen LogP contribution in [0.5, 0.6) is 0 Å². The van der Waals surface area contributed by atoms with E-state index in [1.165, 1.54) is 16.7 Å². The summed E-state index contributed by atoms with van der Waals surface area (Å²) in [5, 5.41) is 0. The maximum absolute atomic E-state index is 6.66. The summed E-state index contributed by atoms with van der Waals surface area (Å²) in [6.45, 7) is 0. The molecule has 0 bridgehead atoms. The lowest BCUT2D eigenvalue weighted by molar-refractivity contribution is 0.395. The van der Waals surface area contributed by atoms with Crippen LogP contribution in [-0.4, -0.2) is 6.04 Å². The number of rotatable bonds is 8. The molecule has 2 N–H and O–H groups in total. The van der Waals surface area contributed by atoms with Gasteiger partial charge >= 0.3 is 0 Å². The summed E-state index contributed by atoms with van der Waals surface area (Å²) < 4.78 is 0. The van der Waals surface area contributed by atoms with E-state index in [1.54, 1.807) is 0 Å². The van der Waals surface area contributed by atoms with Crippen LogP contribution in [0.1, 0.15) is 23.1 Å². The van der Waals surface area contributed by atoms with Gasteiger partial charge in [-0.1, -0.05) is 91.0 Å². The van der Waals surface area contributed by atoms with Gasteiger partial charge in [-0.05, 0) is 48.3 Å². The SMILES string of the molecule is NC(CCc1ccccc1)C(Cc1ccccc1)Cc1ccccc1. The average molecular weight is 329 g/mol. The second kappa shape index (κ2) is 9.19. The van der Waals surface area contributed by atoms with Gasteiger partial charge in [0, 0.05) is 6.04 Å². The number of aryl methyl sites for hydroxylation is 1. The molecule has 1 heteroatoms. The van der Waals surface area contributed by atoms with Crippen molar-refractivity contribution in [3.8, 4) is 0 Å². The third-order valence-electron chi connectivity index (χ3n) is 4.90. The monoisotopic (exact) mass is 329 g/mol. The van der Waals surface area contributed by atoms with Crippen LogP contribution in [0.4, 0.5) is 0 Å². The molecule has 0 aliphatic carbocycles. The lowest BCUT2D eigenvalue weighted by Crippen LogP contribution is -2.33. The summed E-state index contributed by atoms with van der Waals surface area (Å²) in [7, 11) is 0. The first-order chi connectivity index (χ1) is 12.3. The van der Waals surface area contributed by atoms with Gasteiger partial charge in [0.1, 0.15) is 0 Å². The zero-order chi connectivity index (χ0) is 17.3. The zero-order valence-electron chi connectivity index (χ0n) is 14.7. The van der Waals surface area contributed by atoms with Crippen molar-refractivity contribution in [2.75, 3.05) is 0 Å². The Hall–Kier alpha value is -2.38. The molecule has 0 aromatic heterocycles. The first-order valence-corrected chi connectivity index (χ1v) is 9.18. The van der Waals surface area contributed by atoms with Gasteiger partial charge in [0.15, 0.2) is 0 Å². The summed E-state index contributed by atoms with van der Waals surface area (Å²) in [5.41, 5.74) is 10.8. The molecular weight excluding hydrogens is 302 g/mol. The fourth-order valence-electron chi connectivity index (χ4n) is 3.42. The van der Waals surface area contributed by atoms with Crippen molar-refractivity contribution in [2.45, 2.75) is 31.7 Å². The molecule has 3 rings (SSSR count). The van der Waals surface area contributed by atoms with E-state index in [0.717, 1.165) is 25.7 Å². The van der Waals surface area contributed by atoms with Crippen molar-refractivity contribution in [2.24, 2.45) is 11.7 Å². The molecule has 1 atom stereocenters. The first kappa shape index (κ1) is 17.4. The van der Waals surface area contributed by atoms with Crippen molar-refractivity contribution < 1.29 is 0 Å². The van der Waals surface area contributed by atoms with Gasteiger partial charge in [0.25, 0.3) is 0 Å². The third-order valence-corrected chi connectivity index (χ3v) is 4.90. The molecule has 0 saturated heterocycles. The molecule has 0 spiro atoms. The Morgan fingerprint density at radius 3 is 1.40 bits per heavy atom. The van der Waals surface area contributed by atoms with Crippen LogP contribution >= 0.6 is 0 Å². The molecule has 0 heterocycles. The van der Waals surface area contributed by atoms with E-state index in [4.69, 9.17) is 5.73 Å². The van der Waals surface area contributed by atoms with Gasteiger partial charge in [-0.3, -0.25) is 0 Å². The van der Waals surface area contributed by atoms with Gasteiger partial charge in [-0.25, -0.2) is 0 Å². The fourth-order valence-corrected chi connectivity index (χ4v) is 3.42. The summed E-state index contributed by atoms with van der Waals surface area (Å²) >= 11 is 0. The van der Waals surface area contributed by atoms with Crippen LogP contribution in [-0.2, 0) is 19.3 Å². The lowest BCUT2D eigenvalue weighted by Gasteiger charge is -2.24. The van der Waals surface area contributed by atoms with Crippen LogP contribution in [0.15, 0.2) is 91.0 Å². The highest BCUT2D eigenvalue weighted by atomic mass is 14.6. The minimum Gasteiger partial charge on any atom is -0.327 e. The van der Waals surface area contributed by atoms with E-state index >= 15 is 0 Å². The number of benzene rings is 3. The first-order valence-electron chi connectivity index (χ1n) is 9.18. The van der Waals surface area contributed by atoms with E-state index in [0.29, 0.717) is 5.92 Å². The van der Waals surface area contributed by atoms with E-state index in [9.17, 15) is 0 Å². The van der Waals surface area contributed by atoms with Crippen molar-refractivity contribution in [3.05, 3.63) is 108 Å². The predicted molar refractivity (Wildman–Crippen MR) is 107 cm³/mol. The van der Waals surface area contributed by atoms with Crippen molar-refractivity contribution in [1.82, 2.24) is 0 Å². The Kier molecular flexibility index (Phi) is 6.42. The standard InChI is InChI=1S/C24H27N/c25-24(17-16-20-10-4-1-5-11-20)23(18-21-12-6-2-7-13-21)19-22-14-8-3-9-15-22/h1-15,23-24H,16-19,25H2. The van der Waals surface area contributed by atoms with E-state index in [1.807, 2.05) is 0 Å². The van der Waals surface area contributed by atoms with E-state index in [-0.39, 0.29) is 6.04 Å².